The summed E-state index contributed by atoms with van der Waals surface area (Å²) in [6, 6.07) is 10.3. The zero-order chi connectivity index (χ0) is 15.4. The van der Waals surface area contributed by atoms with Gasteiger partial charge in [0.2, 0.25) is 5.91 Å². The summed E-state index contributed by atoms with van der Waals surface area (Å²) in [5.74, 6) is -1.79. The van der Waals surface area contributed by atoms with Crippen molar-refractivity contribution in [3.05, 3.63) is 65.0 Å². The molecule has 2 aromatic carbocycles. The van der Waals surface area contributed by atoms with Gasteiger partial charge in [-0.3, -0.25) is 4.79 Å². The Balaban J connectivity index is 2.16. The van der Waals surface area contributed by atoms with Crippen molar-refractivity contribution in [1.29, 1.82) is 0 Å². The van der Waals surface area contributed by atoms with E-state index in [-0.39, 0.29) is 16.9 Å². The Kier molecular flexibility index (Phi) is 4.59. The second-order valence-electron chi connectivity index (χ2n) is 4.29. The van der Waals surface area contributed by atoms with Crippen LogP contribution in [0.5, 0.6) is 0 Å². The van der Waals surface area contributed by atoms with Crippen molar-refractivity contribution in [3.8, 4) is 0 Å². The Morgan fingerprint density at radius 1 is 1.14 bits per heavy atom. The number of carbonyl (C=O) groups is 2. The van der Waals surface area contributed by atoms with E-state index in [0.29, 0.717) is 10.5 Å². The Labute approximate surface area is 124 Å². The van der Waals surface area contributed by atoms with Crippen LogP contribution in [0.2, 0.25) is 0 Å². The Morgan fingerprint density at radius 3 is 2.57 bits per heavy atom. The van der Waals surface area contributed by atoms with Crippen molar-refractivity contribution in [2.45, 2.75) is 10.6 Å². The highest BCUT2D eigenvalue weighted by Gasteiger charge is 2.09. The van der Waals surface area contributed by atoms with E-state index in [2.05, 4.69) is 0 Å². The second kappa shape index (κ2) is 6.41. The van der Waals surface area contributed by atoms with E-state index < -0.39 is 17.7 Å². The summed E-state index contributed by atoms with van der Waals surface area (Å²) in [5.41, 5.74) is 5.92. The lowest BCUT2D eigenvalue weighted by molar-refractivity contribution is 0.0696. The average Bonchev–Trinajstić information content (AvgIpc) is 2.46. The van der Waals surface area contributed by atoms with Gasteiger partial charge in [0.05, 0.1) is 5.56 Å². The highest BCUT2D eigenvalue weighted by atomic mass is 32.2. The van der Waals surface area contributed by atoms with Crippen LogP contribution in [-0.2, 0) is 5.75 Å². The van der Waals surface area contributed by atoms with Crippen LogP contribution in [-0.4, -0.2) is 17.0 Å². The molecular formula is C15H12FNO3S. The van der Waals surface area contributed by atoms with Crippen molar-refractivity contribution >= 4 is 23.6 Å². The van der Waals surface area contributed by atoms with Gasteiger partial charge in [0.15, 0.2) is 0 Å². The third kappa shape index (κ3) is 3.82. The second-order valence-corrected chi connectivity index (χ2v) is 5.34. The third-order valence-electron chi connectivity index (χ3n) is 2.81. The first-order chi connectivity index (χ1) is 9.97. The van der Waals surface area contributed by atoms with Crippen LogP contribution in [0.15, 0.2) is 47.4 Å². The van der Waals surface area contributed by atoms with Gasteiger partial charge in [-0.1, -0.05) is 6.07 Å². The lowest BCUT2D eigenvalue weighted by Gasteiger charge is -2.06. The molecule has 0 spiro atoms. The van der Waals surface area contributed by atoms with Crippen LogP contribution in [0.4, 0.5) is 4.39 Å². The molecule has 0 saturated heterocycles. The number of carbonyl (C=O) groups excluding carboxylic acids is 1. The number of nitrogens with two attached hydrogens (primary N) is 1. The number of primary amides is 1. The van der Waals surface area contributed by atoms with E-state index in [0.717, 1.165) is 0 Å². The van der Waals surface area contributed by atoms with Crippen molar-refractivity contribution in [2.75, 3.05) is 0 Å². The summed E-state index contributed by atoms with van der Waals surface area (Å²) in [6.07, 6.45) is 0. The van der Waals surface area contributed by atoms with E-state index in [1.165, 1.54) is 42.1 Å². The van der Waals surface area contributed by atoms with E-state index in [4.69, 9.17) is 10.8 Å². The lowest BCUT2D eigenvalue weighted by atomic mass is 10.1. The fourth-order valence-corrected chi connectivity index (χ4v) is 2.65. The molecule has 21 heavy (non-hydrogen) atoms. The molecule has 2 rings (SSSR count). The van der Waals surface area contributed by atoms with Crippen LogP contribution < -0.4 is 5.73 Å². The zero-order valence-corrected chi connectivity index (χ0v) is 11.7. The number of hydrogen-bond donors (Lipinski definition) is 2. The predicted octanol–water partition coefficient (Wildman–Crippen LogP) is 2.92. The van der Waals surface area contributed by atoms with Gasteiger partial charge >= 0.3 is 5.97 Å². The first-order valence-electron chi connectivity index (χ1n) is 6.02. The third-order valence-corrected chi connectivity index (χ3v) is 3.85. The summed E-state index contributed by atoms with van der Waals surface area (Å²) < 4.78 is 13.7. The van der Waals surface area contributed by atoms with Crippen LogP contribution in [0, 0.1) is 5.82 Å². The number of rotatable bonds is 5. The minimum absolute atomic E-state index is 0.173. The number of aromatic carboxylic acids is 1. The maximum Gasteiger partial charge on any atom is 0.335 e. The Morgan fingerprint density at radius 2 is 1.90 bits per heavy atom. The van der Waals surface area contributed by atoms with Crippen molar-refractivity contribution in [3.63, 3.8) is 0 Å². The average molecular weight is 305 g/mol. The van der Waals surface area contributed by atoms with E-state index in [9.17, 15) is 14.0 Å². The van der Waals surface area contributed by atoms with Crippen LogP contribution in [0.3, 0.4) is 0 Å². The summed E-state index contributed by atoms with van der Waals surface area (Å²) in [5, 5.41) is 8.92. The molecule has 6 heteroatoms. The van der Waals surface area contributed by atoms with Crippen LogP contribution in [0.25, 0.3) is 0 Å². The fourth-order valence-electron chi connectivity index (χ4n) is 1.72. The summed E-state index contributed by atoms with van der Waals surface area (Å²) in [4.78, 5) is 22.7. The standard InChI is InChI=1S/C15H12FNO3S/c16-13-5-4-9(14(17)18)6-11(13)8-21-12-3-1-2-10(7-12)15(19)20/h1-7H,8H2,(H2,17,18)(H,19,20). The molecule has 1 amide bonds. The van der Waals surface area contributed by atoms with Gasteiger partial charge in [-0.2, -0.15) is 0 Å². The molecule has 0 heterocycles. The fraction of sp³-hybridized carbons (Fsp3) is 0.0667. The number of carboxylic acids is 1. The van der Waals surface area contributed by atoms with Crippen molar-refractivity contribution in [1.82, 2.24) is 0 Å². The molecule has 0 aromatic heterocycles. The van der Waals surface area contributed by atoms with Gasteiger partial charge in [-0.15, -0.1) is 11.8 Å². The number of amides is 1. The van der Waals surface area contributed by atoms with Gasteiger partial charge < -0.3 is 10.8 Å². The van der Waals surface area contributed by atoms with Crippen LogP contribution in [0.1, 0.15) is 26.3 Å². The number of carboxylic acid groups (broad SMARTS) is 1. The van der Waals surface area contributed by atoms with E-state index in [1.54, 1.807) is 12.1 Å². The molecule has 0 saturated carbocycles. The highest BCUT2D eigenvalue weighted by molar-refractivity contribution is 7.98. The molecule has 4 nitrogen and oxygen atoms in total. The van der Waals surface area contributed by atoms with Gasteiger partial charge in [-0.05, 0) is 42.0 Å². The maximum absolute atomic E-state index is 13.7. The minimum atomic E-state index is -1.01. The number of halogens is 1. The molecule has 0 unspecified atom stereocenters. The number of benzene rings is 2. The van der Waals surface area contributed by atoms with Gasteiger partial charge in [-0.25, -0.2) is 9.18 Å². The van der Waals surface area contributed by atoms with Gasteiger partial charge in [0.25, 0.3) is 0 Å². The molecule has 0 fully saturated rings. The summed E-state index contributed by atoms with van der Waals surface area (Å²) >= 11 is 1.28. The molecule has 3 N–H and O–H groups in total. The van der Waals surface area contributed by atoms with E-state index in [1.807, 2.05) is 0 Å². The molecule has 0 aliphatic rings. The highest BCUT2D eigenvalue weighted by Crippen LogP contribution is 2.25. The largest absolute Gasteiger partial charge is 0.478 e. The molecule has 0 atom stereocenters. The Hall–Kier alpha value is -2.34. The topological polar surface area (TPSA) is 80.4 Å². The quantitative estimate of drug-likeness (QED) is 0.832. The first kappa shape index (κ1) is 15.1. The molecule has 0 aliphatic heterocycles. The van der Waals surface area contributed by atoms with Crippen molar-refractivity contribution < 1.29 is 19.1 Å². The monoisotopic (exact) mass is 305 g/mol. The van der Waals surface area contributed by atoms with Crippen molar-refractivity contribution in [2.24, 2.45) is 5.73 Å². The first-order valence-corrected chi connectivity index (χ1v) is 7.00. The number of hydrogen-bond acceptors (Lipinski definition) is 3. The molecule has 0 aliphatic carbocycles. The minimum Gasteiger partial charge on any atom is -0.478 e. The van der Waals surface area contributed by atoms with Gasteiger partial charge in [0.1, 0.15) is 5.82 Å². The van der Waals surface area contributed by atoms with Gasteiger partial charge in [0, 0.05) is 16.2 Å². The predicted molar refractivity (Wildman–Crippen MR) is 77.9 cm³/mol. The van der Waals surface area contributed by atoms with Crippen LogP contribution >= 0.6 is 11.8 Å². The smallest absolute Gasteiger partial charge is 0.335 e. The molecule has 108 valence electrons. The zero-order valence-electron chi connectivity index (χ0n) is 10.9. The molecule has 2 aromatic rings. The molecule has 0 bridgehead atoms. The summed E-state index contributed by atoms with van der Waals surface area (Å²) in [6.45, 7) is 0. The maximum atomic E-state index is 13.7. The normalized spacial score (nSPS) is 10.3. The molecule has 0 radical (unpaired) electrons. The summed E-state index contributed by atoms with van der Waals surface area (Å²) in [7, 11) is 0. The lowest BCUT2D eigenvalue weighted by Crippen LogP contribution is -2.11. The van der Waals surface area contributed by atoms with E-state index >= 15 is 0 Å². The Bertz CT molecular complexity index is 703. The number of thioether (sulfide) groups is 1. The molecular weight excluding hydrogens is 293 g/mol. The SMILES string of the molecule is NC(=O)c1ccc(F)c(CSc2cccc(C(=O)O)c2)c1.